The summed E-state index contributed by atoms with van der Waals surface area (Å²) in [5.41, 5.74) is 0.106. The zero-order valence-corrected chi connectivity index (χ0v) is 11.7. The van der Waals surface area contributed by atoms with E-state index >= 15 is 0 Å². The van der Waals surface area contributed by atoms with Gasteiger partial charge in [-0.3, -0.25) is 4.90 Å². The highest BCUT2D eigenvalue weighted by atomic mass is 16.5. The van der Waals surface area contributed by atoms with Crippen LogP contribution >= 0.6 is 0 Å². The molecule has 0 aromatic heterocycles. The van der Waals surface area contributed by atoms with Crippen LogP contribution in [0.3, 0.4) is 0 Å². The van der Waals surface area contributed by atoms with Gasteiger partial charge in [-0.15, -0.1) is 0 Å². The van der Waals surface area contributed by atoms with Crippen LogP contribution in [-0.2, 0) is 4.74 Å². The third kappa shape index (κ3) is 2.51. The molecule has 1 saturated carbocycles. The molecule has 1 aliphatic carbocycles. The molecule has 0 amide bonds. The second kappa shape index (κ2) is 4.52. The van der Waals surface area contributed by atoms with E-state index in [9.17, 15) is 5.11 Å². The molecule has 1 heterocycles. The van der Waals surface area contributed by atoms with Crippen molar-refractivity contribution in [1.29, 1.82) is 0 Å². The van der Waals surface area contributed by atoms with Crippen LogP contribution < -0.4 is 0 Å². The third-order valence-electron chi connectivity index (χ3n) is 4.60. The fraction of sp³-hybridized carbons (Fsp3) is 1.00. The average molecular weight is 241 g/mol. The molecule has 1 saturated heterocycles. The molecule has 17 heavy (non-hydrogen) atoms. The van der Waals surface area contributed by atoms with Crippen molar-refractivity contribution >= 4 is 0 Å². The second-order valence-electron chi connectivity index (χ2n) is 6.95. The summed E-state index contributed by atoms with van der Waals surface area (Å²) in [6.07, 6.45) is 3.26. The summed E-state index contributed by atoms with van der Waals surface area (Å²) in [7, 11) is 0. The second-order valence-corrected chi connectivity index (χ2v) is 6.95. The lowest BCUT2D eigenvalue weighted by Crippen LogP contribution is -2.63. The lowest BCUT2D eigenvalue weighted by molar-refractivity contribution is -0.130. The van der Waals surface area contributed by atoms with Crippen molar-refractivity contribution in [1.82, 2.24) is 4.90 Å². The van der Waals surface area contributed by atoms with Gasteiger partial charge in [0.25, 0.3) is 0 Å². The van der Waals surface area contributed by atoms with Crippen LogP contribution in [0.4, 0.5) is 0 Å². The van der Waals surface area contributed by atoms with Gasteiger partial charge in [-0.05, 0) is 32.1 Å². The number of hydrogen-bond donors (Lipinski definition) is 1. The normalized spacial score (nSPS) is 37.9. The quantitative estimate of drug-likeness (QED) is 0.762. The molecule has 1 N–H and O–H groups in total. The number of aliphatic hydroxyl groups is 1. The van der Waals surface area contributed by atoms with Gasteiger partial charge < -0.3 is 9.84 Å². The Kier molecular flexibility index (Phi) is 3.54. The Hall–Kier alpha value is -0.120. The predicted octanol–water partition coefficient (Wildman–Crippen LogP) is 2.04. The molecular weight excluding hydrogens is 214 g/mol. The molecule has 0 bridgehead atoms. The number of aliphatic hydroxyl groups excluding tert-OH is 1. The first-order chi connectivity index (χ1) is 7.84. The molecule has 100 valence electrons. The zero-order valence-electron chi connectivity index (χ0n) is 11.7. The van der Waals surface area contributed by atoms with E-state index in [1.165, 1.54) is 6.42 Å². The first kappa shape index (κ1) is 13.3. The number of morpholine rings is 1. The summed E-state index contributed by atoms with van der Waals surface area (Å²) in [6, 6.07) is 0.303. The Morgan fingerprint density at radius 2 is 1.94 bits per heavy atom. The van der Waals surface area contributed by atoms with E-state index in [4.69, 9.17) is 4.74 Å². The highest BCUT2D eigenvalue weighted by molar-refractivity contribution is 4.98. The largest absolute Gasteiger partial charge is 0.391 e. The van der Waals surface area contributed by atoms with E-state index in [2.05, 4.69) is 32.6 Å². The van der Waals surface area contributed by atoms with Crippen LogP contribution in [0.25, 0.3) is 0 Å². The minimum Gasteiger partial charge on any atom is -0.391 e. The van der Waals surface area contributed by atoms with Crippen LogP contribution in [0.1, 0.15) is 47.0 Å². The Bertz CT molecular complexity index is 275. The molecule has 1 aliphatic heterocycles. The minimum atomic E-state index is -0.214. The molecule has 2 atom stereocenters. The van der Waals surface area contributed by atoms with Crippen molar-refractivity contribution < 1.29 is 9.84 Å². The summed E-state index contributed by atoms with van der Waals surface area (Å²) >= 11 is 0. The summed E-state index contributed by atoms with van der Waals surface area (Å²) in [5.74, 6) is 0. The van der Waals surface area contributed by atoms with E-state index in [1.54, 1.807) is 0 Å². The average Bonchev–Trinajstić information content (AvgIpc) is 2.22. The van der Waals surface area contributed by atoms with E-state index in [-0.39, 0.29) is 17.1 Å². The fourth-order valence-electron chi connectivity index (χ4n) is 3.40. The van der Waals surface area contributed by atoms with Gasteiger partial charge in [-0.25, -0.2) is 0 Å². The molecule has 3 nitrogen and oxygen atoms in total. The fourth-order valence-corrected chi connectivity index (χ4v) is 3.40. The molecule has 0 radical (unpaired) electrons. The van der Waals surface area contributed by atoms with Crippen LogP contribution in [0.5, 0.6) is 0 Å². The van der Waals surface area contributed by atoms with Crippen molar-refractivity contribution in [2.45, 2.75) is 64.6 Å². The Morgan fingerprint density at radius 1 is 1.24 bits per heavy atom. The standard InChI is InChI=1S/C14H27NO2/c1-13(2)7-5-6-11(12(13)16)15-8-9-17-10-14(15,3)4/h11-12,16H,5-10H2,1-4H3. The van der Waals surface area contributed by atoms with Crippen molar-refractivity contribution in [2.24, 2.45) is 5.41 Å². The van der Waals surface area contributed by atoms with Crippen molar-refractivity contribution in [2.75, 3.05) is 19.8 Å². The summed E-state index contributed by atoms with van der Waals surface area (Å²) in [5, 5.41) is 10.6. The number of ether oxygens (including phenoxy) is 1. The van der Waals surface area contributed by atoms with Crippen LogP contribution in [0.2, 0.25) is 0 Å². The minimum absolute atomic E-state index is 0.0529. The lowest BCUT2D eigenvalue weighted by Gasteiger charge is -2.52. The predicted molar refractivity (Wildman–Crippen MR) is 69.0 cm³/mol. The molecule has 2 fully saturated rings. The maximum atomic E-state index is 10.6. The molecule has 3 heteroatoms. The SMILES string of the molecule is CC1(C)CCCC(N2CCOCC2(C)C)C1O. The highest BCUT2D eigenvalue weighted by Gasteiger charge is 2.45. The summed E-state index contributed by atoms with van der Waals surface area (Å²) < 4.78 is 5.57. The van der Waals surface area contributed by atoms with E-state index in [0.717, 1.165) is 32.6 Å². The van der Waals surface area contributed by atoms with E-state index < -0.39 is 0 Å². The first-order valence-electron chi connectivity index (χ1n) is 6.87. The maximum Gasteiger partial charge on any atom is 0.0746 e. The highest BCUT2D eigenvalue weighted by Crippen LogP contribution is 2.40. The van der Waals surface area contributed by atoms with Crippen LogP contribution in [0, 0.1) is 5.41 Å². The molecule has 0 aromatic carbocycles. The molecular formula is C14H27NO2. The van der Waals surface area contributed by atoms with Gasteiger partial charge in [0, 0.05) is 18.1 Å². The van der Waals surface area contributed by atoms with Crippen LogP contribution in [0.15, 0.2) is 0 Å². The van der Waals surface area contributed by atoms with E-state index in [1.807, 2.05) is 0 Å². The smallest absolute Gasteiger partial charge is 0.0746 e. The molecule has 2 aliphatic rings. The van der Waals surface area contributed by atoms with Gasteiger partial charge >= 0.3 is 0 Å². The first-order valence-corrected chi connectivity index (χ1v) is 6.87. The zero-order chi connectivity index (χ0) is 12.7. The Labute approximate surface area is 105 Å². The Morgan fingerprint density at radius 3 is 2.59 bits per heavy atom. The monoisotopic (exact) mass is 241 g/mol. The molecule has 2 unspecified atom stereocenters. The van der Waals surface area contributed by atoms with Gasteiger partial charge in [0.15, 0.2) is 0 Å². The Balaban J connectivity index is 2.15. The lowest BCUT2D eigenvalue weighted by atomic mass is 9.71. The maximum absolute atomic E-state index is 10.6. The van der Waals surface area contributed by atoms with Gasteiger partial charge in [0.05, 0.1) is 19.3 Å². The van der Waals surface area contributed by atoms with Crippen LogP contribution in [-0.4, -0.2) is 47.4 Å². The van der Waals surface area contributed by atoms with Crippen molar-refractivity contribution in [3.63, 3.8) is 0 Å². The van der Waals surface area contributed by atoms with Gasteiger partial charge in [-0.1, -0.05) is 20.3 Å². The van der Waals surface area contributed by atoms with Crippen molar-refractivity contribution in [3.05, 3.63) is 0 Å². The van der Waals surface area contributed by atoms with Gasteiger partial charge in [0.1, 0.15) is 0 Å². The summed E-state index contributed by atoms with van der Waals surface area (Å²) in [6.45, 7) is 11.4. The molecule has 0 spiro atoms. The third-order valence-corrected chi connectivity index (χ3v) is 4.60. The van der Waals surface area contributed by atoms with E-state index in [0.29, 0.717) is 6.04 Å². The number of rotatable bonds is 1. The molecule has 2 rings (SSSR count). The van der Waals surface area contributed by atoms with Gasteiger partial charge in [-0.2, -0.15) is 0 Å². The van der Waals surface area contributed by atoms with Crippen molar-refractivity contribution in [3.8, 4) is 0 Å². The number of nitrogens with zero attached hydrogens (tertiary/aromatic N) is 1. The number of hydrogen-bond acceptors (Lipinski definition) is 3. The van der Waals surface area contributed by atoms with Gasteiger partial charge in [0.2, 0.25) is 0 Å². The molecule has 0 aromatic rings. The topological polar surface area (TPSA) is 32.7 Å². The summed E-state index contributed by atoms with van der Waals surface area (Å²) in [4.78, 5) is 2.47.